The Bertz CT molecular complexity index is 348. The van der Waals surface area contributed by atoms with E-state index in [0.717, 1.165) is 12.5 Å². The third kappa shape index (κ3) is 4.30. The summed E-state index contributed by atoms with van der Waals surface area (Å²) in [5.74, 6) is 0.781. The van der Waals surface area contributed by atoms with Gasteiger partial charge < -0.3 is 5.32 Å². The van der Waals surface area contributed by atoms with Gasteiger partial charge in [0.1, 0.15) is 0 Å². The lowest BCUT2D eigenvalue weighted by Crippen LogP contribution is -2.51. The van der Waals surface area contributed by atoms with Gasteiger partial charge in [0.05, 0.1) is 0 Å². The van der Waals surface area contributed by atoms with Gasteiger partial charge in [-0.25, -0.2) is 0 Å². The molecular formula is C16H28N2S. The molecule has 2 heterocycles. The molecule has 0 aromatic carbocycles. The average molecular weight is 280 g/mol. The standard InChI is InChI=1S/C16H28N2S/c1-4-6-15(16-7-5-10-19-16)18-9-8-17-14(12-18)11-13(2)3/h5,7,10,13-15,17H,4,6,8-9,11-12H2,1-3H3. The molecule has 19 heavy (non-hydrogen) atoms. The molecule has 2 unspecified atom stereocenters. The summed E-state index contributed by atoms with van der Waals surface area (Å²) < 4.78 is 0. The zero-order valence-electron chi connectivity index (χ0n) is 12.6. The number of hydrogen-bond acceptors (Lipinski definition) is 3. The maximum Gasteiger partial charge on any atom is 0.0442 e. The first kappa shape index (κ1) is 15.0. The van der Waals surface area contributed by atoms with Crippen LogP contribution in [-0.2, 0) is 0 Å². The van der Waals surface area contributed by atoms with Crippen molar-refractivity contribution >= 4 is 11.3 Å². The van der Waals surface area contributed by atoms with Crippen molar-refractivity contribution in [3.05, 3.63) is 22.4 Å². The smallest absolute Gasteiger partial charge is 0.0442 e. The second-order valence-electron chi connectivity index (χ2n) is 6.10. The first-order chi connectivity index (χ1) is 9.20. The number of piperazine rings is 1. The lowest BCUT2D eigenvalue weighted by Gasteiger charge is -2.39. The Kier molecular flexibility index (Phi) is 5.86. The van der Waals surface area contributed by atoms with Crippen LogP contribution in [0.15, 0.2) is 17.5 Å². The second kappa shape index (κ2) is 7.41. The summed E-state index contributed by atoms with van der Waals surface area (Å²) in [5.41, 5.74) is 0. The molecule has 3 heteroatoms. The molecule has 0 spiro atoms. The van der Waals surface area contributed by atoms with Gasteiger partial charge in [-0.2, -0.15) is 0 Å². The van der Waals surface area contributed by atoms with Gasteiger partial charge in [0.15, 0.2) is 0 Å². The van der Waals surface area contributed by atoms with Gasteiger partial charge in [-0.15, -0.1) is 11.3 Å². The Morgan fingerprint density at radius 1 is 1.47 bits per heavy atom. The molecule has 1 aliphatic rings. The second-order valence-corrected chi connectivity index (χ2v) is 7.07. The first-order valence-electron chi connectivity index (χ1n) is 7.71. The summed E-state index contributed by atoms with van der Waals surface area (Å²) in [7, 11) is 0. The number of nitrogens with one attached hydrogen (secondary N) is 1. The van der Waals surface area contributed by atoms with E-state index in [0.29, 0.717) is 12.1 Å². The molecule has 1 aromatic heterocycles. The van der Waals surface area contributed by atoms with E-state index in [1.807, 2.05) is 11.3 Å². The SMILES string of the molecule is CCCC(c1cccs1)N1CCNC(CC(C)C)C1. The van der Waals surface area contributed by atoms with Gasteiger partial charge >= 0.3 is 0 Å². The Hall–Kier alpha value is -0.380. The van der Waals surface area contributed by atoms with Crippen LogP contribution in [0.1, 0.15) is 51.0 Å². The van der Waals surface area contributed by atoms with Crippen molar-refractivity contribution in [2.75, 3.05) is 19.6 Å². The lowest BCUT2D eigenvalue weighted by atomic mass is 9.99. The van der Waals surface area contributed by atoms with Crippen LogP contribution >= 0.6 is 11.3 Å². The quantitative estimate of drug-likeness (QED) is 0.850. The van der Waals surface area contributed by atoms with Gasteiger partial charge in [0.25, 0.3) is 0 Å². The van der Waals surface area contributed by atoms with Crippen LogP contribution in [0.2, 0.25) is 0 Å². The Morgan fingerprint density at radius 3 is 2.95 bits per heavy atom. The molecule has 0 radical (unpaired) electrons. The summed E-state index contributed by atoms with van der Waals surface area (Å²) in [5, 5.41) is 5.90. The van der Waals surface area contributed by atoms with Gasteiger partial charge in [-0.05, 0) is 30.2 Å². The van der Waals surface area contributed by atoms with Gasteiger partial charge in [0, 0.05) is 36.6 Å². The number of nitrogens with zero attached hydrogens (tertiary/aromatic N) is 1. The topological polar surface area (TPSA) is 15.3 Å². The molecule has 1 aliphatic heterocycles. The highest BCUT2D eigenvalue weighted by atomic mass is 32.1. The predicted molar refractivity (Wildman–Crippen MR) is 84.8 cm³/mol. The summed E-state index contributed by atoms with van der Waals surface area (Å²) in [6.45, 7) is 10.5. The van der Waals surface area contributed by atoms with Crippen molar-refractivity contribution < 1.29 is 0 Å². The van der Waals surface area contributed by atoms with Crippen LogP contribution in [-0.4, -0.2) is 30.6 Å². The van der Waals surface area contributed by atoms with E-state index in [4.69, 9.17) is 0 Å². The molecule has 0 saturated carbocycles. The third-order valence-electron chi connectivity index (χ3n) is 3.92. The number of hydrogen-bond donors (Lipinski definition) is 1. The molecule has 1 fully saturated rings. The van der Waals surface area contributed by atoms with E-state index < -0.39 is 0 Å². The summed E-state index contributed by atoms with van der Waals surface area (Å²) in [6.07, 6.45) is 3.84. The molecule has 1 aromatic rings. The first-order valence-corrected chi connectivity index (χ1v) is 8.59. The van der Waals surface area contributed by atoms with Crippen LogP contribution in [0.3, 0.4) is 0 Å². The minimum Gasteiger partial charge on any atom is -0.311 e. The fourth-order valence-electron chi connectivity index (χ4n) is 3.12. The van der Waals surface area contributed by atoms with E-state index >= 15 is 0 Å². The molecule has 1 saturated heterocycles. The lowest BCUT2D eigenvalue weighted by molar-refractivity contribution is 0.130. The van der Waals surface area contributed by atoms with Crippen molar-refractivity contribution in [1.82, 2.24) is 10.2 Å². The van der Waals surface area contributed by atoms with Gasteiger partial charge in [-0.3, -0.25) is 4.90 Å². The average Bonchev–Trinajstić information content (AvgIpc) is 2.89. The summed E-state index contributed by atoms with van der Waals surface area (Å²) >= 11 is 1.92. The molecule has 108 valence electrons. The van der Waals surface area contributed by atoms with Crippen molar-refractivity contribution in [2.45, 2.75) is 52.1 Å². The van der Waals surface area contributed by atoms with Crippen molar-refractivity contribution in [3.8, 4) is 0 Å². The van der Waals surface area contributed by atoms with E-state index in [1.54, 1.807) is 4.88 Å². The molecule has 0 bridgehead atoms. The maximum absolute atomic E-state index is 3.68. The van der Waals surface area contributed by atoms with Crippen molar-refractivity contribution in [2.24, 2.45) is 5.92 Å². The monoisotopic (exact) mass is 280 g/mol. The van der Waals surface area contributed by atoms with Crippen LogP contribution in [0.25, 0.3) is 0 Å². The minimum atomic E-state index is 0.641. The zero-order chi connectivity index (χ0) is 13.7. The Balaban J connectivity index is 2.00. The van der Waals surface area contributed by atoms with Gasteiger partial charge in [0.2, 0.25) is 0 Å². The fraction of sp³-hybridized carbons (Fsp3) is 0.750. The van der Waals surface area contributed by atoms with Crippen molar-refractivity contribution in [3.63, 3.8) is 0 Å². The highest BCUT2D eigenvalue weighted by Gasteiger charge is 2.26. The molecule has 1 N–H and O–H groups in total. The van der Waals surface area contributed by atoms with Crippen LogP contribution in [0.5, 0.6) is 0 Å². The largest absolute Gasteiger partial charge is 0.311 e. The molecule has 0 amide bonds. The van der Waals surface area contributed by atoms with Crippen LogP contribution < -0.4 is 5.32 Å². The predicted octanol–water partition coefficient (Wildman–Crippen LogP) is 3.91. The normalized spacial score (nSPS) is 22.8. The third-order valence-corrected chi connectivity index (χ3v) is 4.89. The van der Waals surface area contributed by atoms with Crippen molar-refractivity contribution in [1.29, 1.82) is 0 Å². The van der Waals surface area contributed by atoms with E-state index in [9.17, 15) is 0 Å². The van der Waals surface area contributed by atoms with Gasteiger partial charge in [-0.1, -0.05) is 33.3 Å². The summed E-state index contributed by atoms with van der Waals surface area (Å²) in [6, 6.07) is 5.82. The molecule has 2 rings (SSSR count). The number of rotatable bonds is 6. The fourth-order valence-corrected chi connectivity index (χ4v) is 4.02. The molecule has 2 nitrogen and oxygen atoms in total. The minimum absolute atomic E-state index is 0.641. The van der Waals surface area contributed by atoms with E-state index in [-0.39, 0.29) is 0 Å². The Morgan fingerprint density at radius 2 is 2.32 bits per heavy atom. The molecule has 2 atom stereocenters. The zero-order valence-corrected chi connectivity index (χ0v) is 13.4. The van der Waals surface area contributed by atoms with E-state index in [1.165, 1.54) is 32.4 Å². The molecular weight excluding hydrogens is 252 g/mol. The molecule has 0 aliphatic carbocycles. The summed E-state index contributed by atoms with van der Waals surface area (Å²) in [4.78, 5) is 4.26. The highest BCUT2D eigenvalue weighted by Crippen LogP contribution is 2.30. The highest BCUT2D eigenvalue weighted by molar-refractivity contribution is 7.10. The Labute approximate surface area is 122 Å². The van der Waals surface area contributed by atoms with Crippen LogP contribution in [0, 0.1) is 5.92 Å². The maximum atomic E-state index is 3.68. The van der Waals surface area contributed by atoms with Crippen LogP contribution in [0.4, 0.5) is 0 Å². The number of thiophene rings is 1. The van der Waals surface area contributed by atoms with E-state index in [2.05, 4.69) is 48.5 Å².